The van der Waals surface area contributed by atoms with Gasteiger partial charge in [-0.05, 0) is 18.1 Å². The fourth-order valence-electron chi connectivity index (χ4n) is 2.01. The first-order valence-electron chi connectivity index (χ1n) is 5.48. The quantitative estimate of drug-likeness (QED) is 0.488. The third-order valence-electron chi connectivity index (χ3n) is 2.90. The largest absolute Gasteiger partial charge is 0.669 e. The summed E-state index contributed by atoms with van der Waals surface area (Å²) in [7, 11) is 0. The number of rotatable bonds is 2. The van der Waals surface area contributed by atoms with E-state index < -0.39 is 24.1 Å². The molecule has 0 saturated carbocycles. The summed E-state index contributed by atoms with van der Waals surface area (Å²) in [5.41, 5.74) is 4.88. The first-order chi connectivity index (χ1) is 8.85. The number of nitrogens with zero attached hydrogens (tertiary/aromatic N) is 1. The van der Waals surface area contributed by atoms with Crippen molar-refractivity contribution < 1.29 is 24.3 Å². The second kappa shape index (κ2) is 4.45. The zero-order chi connectivity index (χ0) is 14.2. The van der Waals surface area contributed by atoms with Crippen molar-refractivity contribution in [2.24, 2.45) is 10.9 Å². The summed E-state index contributed by atoms with van der Waals surface area (Å²) in [6.07, 6.45) is 0.172. The minimum atomic E-state index is -3.13. The van der Waals surface area contributed by atoms with Gasteiger partial charge in [-0.15, -0.1) is 4.91 Å². The Bertz CT molecular complexity index is 586. The molecule has 0 saturated heterocycles. The summed E-state index contributed by atoms with van der Waals surface area (Å²) in [6, 6.07) is 2.75. The maximum Gasteiger partial charge on any atom is 0.430 e. The predicted octanol–water partition coefficient (Wildman–Crippen LogP) is -0.450. The lowest BCUT2D eigenvalue weighted by Crippen LogP contribution is -2.45. The Balaban J connectivity index is 2.68. The molecule has 1 aromatic rings. The Hall–Kier alpha value is -2.26. The van der Waals surface area contributed by atoms with Gasteiger partial charge in [0.25, 0.3) is 0 Å². The summed E-state index contributed by atoms with van der Waals surface area (Å²) in [6.45, 7) is -3.13. The molecule has 9 heteroatoms. The molecule has 0 atom stereocenters. The van der Waals surface area contributed by atoms with Gasteiger partial charge in [-0.1, -0.05) is 12.4 Å². The molecule has 0 bridgehead atoms. The van der Waals surface area contributed by atoms with Gasteiger partial charge in [0.05, 0.1) is 16.9 Å². The second-order valence-corrected chi connectivity index (χ2v) is 4.25. The lowest BCUT2D eigenvalue weighted by Gasteiger charge is -2.37. The molecular formula is C10H10BN2O6-. The summed E-state index contributed by atoms with van der Waals surface area (Å²) in [5.74, 6) is -2.42. The van der Waals surface area contributed by atoms with E-state index in [0.29, 0.717) is 5.56 Å². The molecule has 0 aliphatic carbocycles. The topological polar surface area (TPSA) is 139 Å². The third-order valence-corrected chi connectivity index (χ3v) is 2.90. The number of carbonyl (C=O) groups excluding carboxylic acids is 2. The Labute approximate surface area is 107 Å². The van der Waals surface area contributed by atoms with Crippen LogP contribution in [0.5, 0.6) is 5.75 Å². The number of nitroso groups, excluding NO2 is 1. The second-order valence-electron chi connectivity index (χ2n) is 4.25. The average molecular weight is 265 g/mol. The first-order valence-corrected chi connectivity index (χ1v) is 5.48. The Kier molecular flexibility index (Phi) is 3.09. The fourth-order valence-corrected chi connectivity index (χ4v) is 2.01. The molecule has 1 aromatic carbocycles. The molecule has 0 radical (unpaired) electrons. The highest BCUT2D eigenvalue weighted by molar-refractivity contribution is 6.59. The van der Waals surface area contributed by atoms with Crippen LogP contribution in [0.3, 0.4) is 0 Å². The van der Waals surface area contributed by atoms with Gasteiger partial charge < -0.3 is 20.4 Å². The number of benzene rings is 1. The molecule has 100 valence electrons. The van der Waals surface area contributed by atoms with Crippen molar-refractivity contribution >= 4 is 18.6 Å². The van der Waals surface area contributed by atoms with Crippen LogP contribution in [0.1, 0.15) is 26.3 Å². The summed E-state index contributed by atoms with van der Waals surface area (Å²) in [4.78, 5) is 33.1. The van der Waals surface area contributed by atoms with Crippen LogP contribution < -0.4 is 10.4 Å². The van der Waals surface area contributed by atoms with Crippen molar-refractivity contribution in [1.29, 1.82) is 0 Å². The fraction of sp³-hybridized carbons (Fsp3) is 0.200. The smallest absolute Gasteiger partial charge is 0.430 e. The highest BCUT2D eigenvalue weighted by Gasteiger charge is 2.33. The highest BCUT2D eigenvalue weighted by atomic mass is 16.6. The molecule has 0 aromatic heterocycles. The maximum absolute atomic E-state index is 11.5. The first kappa shape index (κ1) is 13.2. The minimum Gasteiger partial charge on any atom is -0.669 e. The van der Waals surface area contributed by atoms with Crippen molar-refractivity contribution in [2.45, 2.75) is 12.7 Å². The molecule has 19 heavy (non-hydrogen) atoms. The predicted molar refractivity (Wildman–Crippen MR) is 64.4 cm³/mol. The van der Waals surface area contributed by atoms with Crippen LogP contribution in [-0.4, -0.2) is 28.6 Å². The van der Waals surface area contributed by atoms with Gasteiger partial charge in [0.2, 0.25) is 5.91 Å². The number of hydrogen-bond acceptors (Lipinski definition) is 6. The van der Waals surface area contributed by atoms with Gasteiger partial charge in [0, 0.05) is 5.18 Å². The average Bonchev–Trinajstić information content (AvgIpc) is 2.35. The highest BCUT2D eigenvalue weighted by Crippen LogP contribution is 2.35. The zero-order valence-electron chi connectivity index (χ0n) is 9.70. The van der Waals surface area contributed by atoms with E-state index in [0.717, 1.165) is 0 Å². The molecular weight excluding hydrogens is 255 g/mol. The SMILES string of the molecule is NC(=O)c1ccc2c(c1C(=O)N=O)O[B-](O)(O)CC2. The Morgan fingerprint density at radius 2 is 2.05 bits per heavy atom. The van der Waals surface area contributed by atoms with Crippen LogP contribution in [0, 0.1) is 4.91 Å². The number of aryl methyl sites for hydroxylation is 1. The maximum atomic E-state index is 11.5. The Morgan fingerprint density at radius 3 is 2.63 bits per heavy atom. The van der Waals surface area contributed by atoms with Crippen LogP contribution in [0.15, 0.2) is 17.3 Å². The molecule has 0 spiro atoms. The number of hydrogen-bond donors (Lipinski definition) is 3. The summed E-state index contributed by atoms with van der Waals surface area (Å²) >= 11 is 0. The van der Waals surface area contributed by atoms with Crippen molar-refractivity contribution in [3.8, 4) is 5.75 Å². The van der Waals surface area contributed by atoms with E-state index in [1.807, 2.05) is 0 Å². The van der Waals surface area contributed by atoms with Crippen molar-refractivity contribution in [1.82, 2.24) is 0 Å². The molecule has 4 N–H and O–H groups in total. The number of fused-ring (bicyclic) bond motifs is 1. The number of primary amides is 1. The molecule has 0 unspecified atom stereocenters. The normalized spacial score (nSPS) is 16.1. The third kappa shape index (κ3) is 2.33. The van der Waals surface area contributed by atoms with Crippen molar-refractivity contribution in [2.75, 3.05) is 0 Å². The van der Waals surface area contributed by atoms with Gasteiger partial charge in [-0.3, -0.25) is 9.59 Å². The lowest BCUT2D eigenvalue weighted by molar-refractivity contribution is 0.0964. The van der Waals surface area contributed by atoms with Crippen LogP contribution in [0.2, 0.25) is 6.32 Å². The van der Waals surface area contributed by atoms with Gasteiger partial charge in [-0.2, -0.15) is 0 Å². The van der Waals surface area contributed by atoms with Crippen LogP contribution in [-0.2, 0) is 6.42 Å². The molecule has 1 aliphatic rings. The number of nitrogens with two attached hydrogens (primary N) is 1. The van der Waals surface area contributed by atoms with Crippen LogP contribution in [0.25, 0.3) is 0 Å². The van der Waals surface area contributed by atoms with Crippen LogP contribution >= 0.6 is 0 Å². The lowest BCUT2D eigenvalue weighted by atomic mass is 9.70. The van der Waals surface area contributed by atoms with Gasteiger partial charge in [0.1, 0.15) is 0 Å². The van der Waals surface area contributed by atoms with Crippen molar-refractivity contribution in [3.05, 3.63) is 33.7 Å². The summed E-state index contributed by atoms with van der Waals surface area (Å²) < 4.78 is 4.91. The van der Waals surface area contributed by atoms with Gasteiger partial charge in [0.15, 0.2) is 0 Å². The molecule has 2 rings (SSSR count). The number of amides is 2. The van der Waals surface area contributed by atoms with E-state index in [1.165, 1.54) is 12.1 Å². The van der Waals surface area contributed by atoms with E-state index in [2.05, 4.69) is 5.18 Å². The van der Waals surface area contributed by atoms with E-state index >= 15 is 0 Å². The Morgan fingerprint density at radius 1 is 1.37 bits per heavy atom. The number of carbonyl (C=O) groups is 2. The van der Waals surface area contributed by atoms with E-state index in [4.69, 9.17) is 10.4 Å². The zero-order valence-corrected chi connectivity index (χ0v) is 9.70. The monoisotopic (exact) mass is 265 g/mol. The van der Waals surface area contributed by atoms with Gasteiger partial charge in [-0.25, -0.2) is 0 Å². The minimum absolute atomic E-state index is 0.0505. The van der Waals surface area contributed by atoms with E-state index in [1.54, 1.807) is 0 Å². The van der Waals surface area contributed by atoms with Crippen molar-refractivity contribution in [3.63, 3.8) is 0 Å². The molecule has 2 amide bonds. The van der Waals surface area contributed by atoms with Gasteiger partial charge >= 0.3 is 12.7 Å². The van der Waals surface area contributed by atoms with Crippen LogP contribution in [0.4, 0.5) is 0 Å². The molecule has 1 aliphatic heterocycles. The van der Waals surface area contributed by atoms with E-state index in [9.17, 15) is 24.5 Å². The molecule has 8 nitrogen and oxygen atoms in total. The summed E-state index contributed by atoms with van der Waals surface area (Å²) in [5, 5.41) is 21.2. The standard InChI is InChI=1S/C10H10BN2O6/c12-9(14)6-2-1-5-3-4-11(16,17)19-8(5)7(6)10(15)13-18/h1-2,16-17H,3-4H2,(H2,12,14)/q-1. The van der Waals surface area contributed by atoms with E-state index in [-0.39, 0.29) is 24.1 Å². The molecule has 0 fully saturated rings. The molecule has 1 heterocycles.